The van der Waals surface area contributed by atoms with Crippen molar-refractivity contribution < 1.29 is 27.8 Å². The molecule has 0 aliphatic carbocycles. The molecular weight excluding hydrogens is 287 g/mol. The fraction of sp³-hybridized carbons (Fsp3) is 0.571. The van der Waals surface area contributed by atoms with Gasteiger partial charge in [-0.15, -0.1) is 0 Å². The summed E-state index contributed by atoms with van der Waals surface area (Å²) in [6.45, 7) is -0.610. The Kier molecular flexibility index (Phi) is 7.49. The number of alkyl halides is 3. The van der Waals surface area contributed by atoms with Gasteiger partial charge < -0.3 is 14.6 Å². The fourth-order valence-electron chi connectivity index (χ4n) is 1.82. The third-order valence-corrected chi connectivity index (χ3v) is 2.93. The molecule has 4 nitrogen and oxygen atoms in total. The van der Waals surface area contributed by atoms with Crippen LogP contribution < -0.4 is 4.74 Å². The van der Waals surface area contributed by atoms with Crippen molar-refractivity contribution in [2.75, 3.05) is 27.4 Å². The molecule has 0 heterocycles. The van der Waals surface area contributed by atoms with Crippen molar-refractivity contribution >= 4 is 0 Å². The fourth-order valence-corrected chi connectivity index (χ4v) is 1.82. The van der Waals surface area contributed by atoms with Gasteiger partial charge in [0.15, 0.2) is 12.4 Å². The van der Waals surface area contributed by atoms with Gasteiger partial charge in [0, 0.05) is 6.54 Å². The summed E-state index contributed by atoms with van der Waals surface area (Å²) in [4.78, 5) is 1.13. The minimum absolute atomic E-state index is 0.150. The van der Waals surface area contributed by atoms with E-state index in [-0.39, 0.29) is 13.2 Å². The summed E-state index contributed by atoms with van der Waals surface area (Å²) in [5.41, 5.74) is 0.760. The summed E-state index contributed by atoms with van der Waals surface area (Å²) in [6, 6.07) is 6.88. The third-order valence-electron chi connectivity index (χ3n) is 2.93. The molecule has 1 N–H and O–H groups in total. The predicted molar refractivity (Wildman–Crippen MR) is 72.2 cm³/mol. The van der Waals surface area contributed by atoms with Crippen molar-refractivity contribution in [3.63, 3.8) is 0 Å². The maximum atomic E-state index is 14.1. The number of ether oxygens (including phenoxy) is 2. The Labute approximate surface area is 122 Å². The van der Waals surface area contributed by atoms with E-state index < -0.39 is 25.4 Å². The van der Waals surface area contributed by atoms with Crippen LogP contribution in [0.25, 0.3) is 0 Å². The monoisotopic (exact) mass is 307 g/mol. The molecule has 21 heavy (non-hydrogen) atoms. The van der Waals surface area contributed by atoms with Crippen LogP contribution in [0.5, 0.6) is 5.75 Å². The zero-order chi connectivity index (χ0) is 15.8. The molecule has 0 spiro atoms. The van der Waals surface area contributed by atoms with Crippen molar-refractivity contribution in [1.82, 2.24) is 4.90 Å². The largest absolute Gasteiger partial charge is 0.497 e. The van der Waals surface area contributed by atoms with Gasteiger partial charge in [-0.1, -0.05) is 12.1 Å². The Bertz CT molecular complexity index is 403. The molecule has 0 aliphatic heterocycles. The van der Waals surface area contributed by atoms with Crippen LogP contribution in [0.2, 0.25) is 0 Å². The number of nitrogens with zero attached hydrogens (tertiary/aromatic N) is 1. The van der Waals surface area contributed by atoms with Gasteiger partial charge in [-0.25, -0.2) is 13.2 Å². The predicted octanol–water partition coefficient (Wildman–Crippen LogP) is 2.07. The number of rotatable bonds is 9. The van der Waals surface area contributed by atoms with E-state index in [4.69, 9.17) is 9.84 Å². The van der Waals surface area contributed by atoms with Gasteiger partial charge in [0.25, 0.3) is 6.43 Å². The van der Waals surface area contributed by atoms with E-state index in [0.717, 1.165) is 10.5 Å². The minimum atomic E-state index is -2.97. The highest BCUT2D eigenvalue weighted by atomic mass is 19.3. The van der Waals surface area contributed by atoms with Crippen molar-refractivity contribution in [3.8, 4) is 5.75 Å². The first-order valence-electron chi connectivity index (χ1n) is 6.47. The van der Waals surface area contributed by atoms with E-state index in [1.165, 1.54) is 14.2 Å². The Morgan fingerprint density at radius 3 is 2.29 bits per heavy atom. The summed E-state index contributed by atoms with van der Waals surface area (Å²) in [7, 11) is 2.93. The number of halogens is 3. The number of likely N-dealkylation sites (N-methyl/N-ethyl adjacent to an activating group) is 1. The molecule has 1 aromatic rings. The lowest BCUT2D eigenvalue weighted by molar-refractivity contribution is -0.135. The van der Waals surface area contributed by atoms with Gasteiger partial charge in [-0.2, -0.15) is 0 Å². The molecule has 0 amide bonds. The Morgan fingerprint density at radius 2 is 1.81 bits per heavy atom. The lowest BCUT2D eigenvalue weighted by Crippen LogP contribution is -2.43. The maximum absolute atomic E-state index is 14.1. The van der Waals surface area contributed by atoms with Crippen molar-refractivity contribution in [2.45, 2.75) is 25.4 Å². The zero-order valence-electron chi connectivity index (χ0n) is 12.0. The molecular formula is C14H20F3NO3. The van der Waals surface area contributed by atoms with Gasteiger partial charge in [-0.3, -0.25) is 4.90 Å². The number of benzene rings is 1. The van der Waals surface area contributed by atoms with E-state index in [1.54, 1.807) is 24.3 Å². The standard InChI is InChI=1S/C14H20F3NO3/c1-18(9-10-3-5-11(20-2)6-4-10)14(17)12(13(15)16)21-8-7-19/h3-6,12-14,19H,7-9H2,1-2H3. The highest BCUT2D eigenvalue weighted by molar-refractivity contribution is 5.27. The summed E-state index contributed by atoms with van der Waals surface area (Å²) >= 11 is 0. The molecule has 1 rings (SSSR count). The van der Waals surface area contributed by atoms with E-state index in [1.807, 2.05) is 0 Å². The molecule has 1 aromatic carbocycles. The molecule has 0 aromatic heterocycles. The van der Waals surface area contributed by atoms with E-state index in [2.05, 4.69) is 4.74 Å². The maximum Gasteiger partial charge on any atom is 0.268 e. The molecule has 120 valence electrons. The zero-order valence-corrected chi connectivity index (χ0v) is 12.0. The number of hydrogen-bond donors (Lipinski definition) is 1. The smallest absolute Gasteiger partial charge is 0.268 e. The second-order valence-electron chi connectivity index (χ2n) is 4.53. The van der Waals surface area contributed by atoms with Crippen molar-refractivity contribution in [3.05, 3.63) is 29.8 Å². The number of aliphatic hydroxyl groups excluding tert-OH is 1. The normalized spacial score (nSPS) is 14.5. The average Bonchev–Trinajstić information content (AvgIpc) is 2.47. The second kappa shape index (κ2) is 8.86. The second-order valence-corrected chi connectivity index (χ2v) is 4.53. The number of methoxy groups -OCH3 is 1. The molecule has 0 radical (unpaired) electrons. The average molecular weight is 307 g/mol. The number of hydrogen-bond acceptors (Lipinski definition) is 4. The van der Waals surface area contributed by atoms with Crippen LogP contribution in [0.1, 0.15) is 5.56 Å². The Balaban J connectivity index is 2.63. The van der Waals surface area contributed by atoms with Crippen LogP contribution in [-0.2, 0) is 11.3 Å². The van der Waals surface area contributed by atoms with E-state index in [0.29, 0.717) is 5.75 Å². The van der Waals surface area contributed by atoms with Crippen LogP contribution >= 0.6 is 0 Å². The SMILES string of the molecule is COc1ccc(CN(C)C(F)C(OCCO)C(F)F)cc1. The topological polar surface area (TPSA) is 41.9 Å². The van der Waals surface area contributed by atoms with Gasteiger partial charge in [0.05, 0.1) is 20.3 Å². The first-order chi connectivity index (χ1) is 9.99. The highest BCUT2D eigenvalue weighted by Gasteiger charge is 2.33. The number of aliphatic hydroxyl groups is 1. The summed E-state index contributed by atoms with van der Waals surface area (Å²) < 4.78 is 49.3. The van der Waals surface area contributed by atoms with Gasteiger partial charge in [-0.05, 0) is 24.7 Å². The molecule has 0 saturated carbocycles. The molecule has 0 saturated heterocycles. The van der Waals surface area contributed by atoms with Crippen LogP contribution in [0, 0.1) is 0 Å². The first-order valence-corrected chi connectivity index (χ1v) is 6.47. The highest BCUT2D eigenvalue weighted by Crippen LogP contribution is 2.19. The van der Waals surface area contributed by atoms with Crippen LogP contribution in [-0.4, -0.2) is 56.2 Å². The van der Waals surface area contributed by atoms with Crippen LogP contribution in [0.3, 0.4) is 0 Å². The van der Waals surface area contributed by atoms with Crippen LogP contribution in [0.15, 0.2) is 24.3 Å². The summed E-state index contributed by atoms with van der Waals surface area (Å²) in [5.74, 6) is 0.662. The molecule has 0 fully saturated rings. The van der Waals surface area contributed by atoms with Gasteiger partial charge >= 0.3 is 0 Å². The van der Waals surface area contributed by atoms with Gasteiger partial charge in [0.1, 0.15) is 5.75 Å². The Morgan fingerprint density at radius 1 is 1.19 bits per heavy atom. The lowest BCUT2D eigenvalue weighted by atomic mass is 10.2. The molecule has 2 unspecified atom stereocenters. The first kappa shape index (κ1) is 17.7. The quantitative estimate of drug-likeness (QED) is 0.709. The van der Waals surface area contributed by atoms with Gasteiger partial charge in [0.2, 0.25) is 0 Å². The lowest BCUT2D eigenvalue weighted by Gasteiger charge is -2.28. The summed E-state index contributed by atoms with van der Waals surface area (Å²) in [5, 5.41) is 8.58. The molecule has 2 atom stereocenters. The third kappa shape index (κ3) is 5.53. The summed E-state index contributed by atoms with van der Waals surface area (Å²) in [6.07, 6.45) is -6.83. The van der Waals surface area contributed by atoms with E-state index in [9.17, 15) is 13.2 Å². The van der Waals surface area contributed by atoms with Crippen molar-refractivity contribution in [1.29, 1.82) is 0 Å². The van der Waals surface area contributed by atoms with E-state index >= 15 is 0 Å². The van der Waals surface area contributed by atoms with Crippen LogP contribution in [0.4, 0.5) is 13.2 Å². The Hall–Kier alpha value is -1.31. The molecule has 0 aliphatic rings. The minimum Gasteiger partial charge on any atom is -0.497 e. The van der Waals surface area contributed by atoms with Crippen molar-refractivity contribution in [2.24, 2.45) is 0 Å². The molecule has 0 bridgehead atoms. The molecule has 7 heteroatoms.